The number of nitrogens with zero attached hydrogens (tertiary/aromatic N) is 1. The number of benzene rings is 2. The SMILES string of the molecule is CCCOC(=O)C1CSCN1C(=O)c1ccc(-c2ccccc2)cc1. The van der Waals surface area contributed by atoms with Crippen LogP contribution in [0.5, 0.6) is 0 Å². The summed E-state index contributed by atoms with van der Waals surface area (Å²) in [4.78, 5) is 26.6. The molecule has 1 aliphatic rings. The zero-order valence-electron chi connectivity index (χ0n) is 14.2. The van der Waals surface area contributed by atoms with Crippen molar-refractivity contribution in [2.75, 3.05) is 18.2 Å². The average molecular weight is 355 g/mol. The van der Waals surface area contributed by atoms with Gasteiger partial charge in [-0.25, -0.2) is 4.79 Å². The minimum absolute atomic E-state index is 0.122. The predicted molar refractivity (Wildman–Crippen MR) is 100 cm³/mol. The highest BCUT2D eigenvalue weighted by Gasteiger charge is 2.36. The molecular weight excluding hydrogens is 334 g/mol. The molecule has 3 rings (SSSR count). The lowest BCUT2D eigenvalue weighted by atomic mass is 10.0. The summed E-state index contributed by atoms with van der Waals surface area (Å²) < 4.78 is 5.22. The Labute approximate surface area is 152 Å². The maximum atomic E-state index is 12.8. The van der Waals surface area contributed by atoms with Crippen molar-refractivity contribution in [3.8, 4) is 11.1 Å². The Balaban J connectivity index is 1.73. The highest BCUT2D eigenvalue weighted by atomic mass is 32.2. The van der Waals surface area contributed by atoms with Gasteiger partial charge in [0.15, 0.2) is 0 Å². The van der Waals surface area contributed by atoms with Crippen molar-refractivity contribution in [3.63, 3.8) is 0 Å². The number of thioether (sulfide) groups is 1. The molecule has 0 radical (unpaired) electrons. The number of amides is 1. The molecule has 130 valence electrons. The lowest BCUT2D eigenvalue weighted by molar-refractivity contribution is -0.147. The van der Waals surface area contributed by atoms with E-state index < -0.39 is 6.04 Å². The molecule has 0 aliphatic carbocycles. The molecule has 0 bridgehead atoms. The van der Waals surface area contributed by atoms with E-state index in [0.29, 0.717) is 23.8 Å². The summed E-state index contributed by atoms with van der Waals surface area (Å²) >= 11 is 1.58. The van der Waals surface area contributed by atoms with Crippen molar-refractivity contribution in [2.24, 2.45) is 0 Å². The molecule has 1 fully saturated rings. The fourth-order valence-electron chi connectivity index (χ4n) is 2.74. The molecule has 0 spiro atoms. The molecule has 0 N–H and O–H groups in total. The van der Waals surface area contributed by atoms with Gasteiger partial charge in [-0.05, 0) is 29.7 Å². The van der Waals surface area contributed by atoms with Crippen molar-refractivity contribution in [2.45, 2.75) is 19.4 Å². The molecule has 0 aromatic heterocycles. The van der Waals surface area contributed by atoms with E-state index >= 15 is 0 Å². The Bertz CT molecular complexity index is 730. The van der Waals surface area contributed by atoms with Gasteiger partial charge in [0.2, 0.25) is 0 Å². The monoisotopic (exact) mass is 355 g/mol. The van der Waals surface area contributed by atoms with E-state index in [0.717, 1.165) is 17.5 Å². The van der Waals surface area contributed by atoms with Gasteiger partial charge in [-0.15, -0.1) is 11.8 Å². The lowest BCUT2D eigenvalue weighted by Gasteiger charge is -2.22. The van der Waals surface area contributed by atoms with Crippen LogP contribution in [0, 0.1) is 0 Å². The Morgan fingerprint density at radius 1 is 1.08 bits per heavy atom. The van der Waals surface area contributed by atoms with Gasteiger partial charge < -0.3 is 9.64 Å². The first-order valence-corrected chi connectivity index (χ1v) is 9.57. The molecule has 5 heteroatoms. The first-order valence-electron chi connectivity index (χ1n) is 8.41. The topological polar surface area (TPSA) is 46.6 Å². The molecule has 2 aromatic rings. The Hall–Kier alpha value is -2.27. The minimum atomic E-state index is -0.488. The summed E-state index contributed by atoms with van der Waals surface area (Å²) in [5, 5.41) is 0. The van der Waals surface area contributed by atoms with Crippen LogP contribution in [0.4, 0.5) is 0 Å². The molecule has 0 saturated carbocycles. The third-order valence-corrected chi connectivity index (χ3v) is 5.11. The minimum Gasteiger partial charge on any atom is -0.464 e. The summed E-state index contributed by atoms with van der Waals surface area (Å²) in [5.41, 5.74) is 2.77. The normalized spacial score (nSPS) is 16.7. The van der Waals surface area contributed by atoms with Crippen molar-refractivity contribution in [1.82, 2.24) is 4.90 Å². The van der Waals surface area contributed by atoms with Gasteiger partial charge in [0, 0.05) is 11.3 Å². The fourth-order valence-corrected chi connectivity index (χ4v) is 3.88. The second-order valence-corrected chi connectivity index (χ2v) is 6.90. The van der Waals surface area contributed by atoms with Crippen LogP contribution in [0.15, 0.2) is 54.6 Å². The number of carbonyl (C=O) groups is 2. The lowest BCUT2D eigenvalue weighted by Crippen LogP contribution is -2.42. The summed E-state index contributed by atoms with van der Waals surface area (Å²) in [5.74, 6) is 0.686. The maximum absolute atomic E-state index is 12.8. The molecule has 1 saturated heterocycles. The van der Waals surface area contributed by atoms with Crippen LogP contribution < -0.4 is 0 Å². The highest BCUT2D eigenvalue weighted by Crippen LogP contribution is 2.25. The second-order valence-electron chi connectivity index (χ2n) is 5.90. The zero-order valence-corrected chi connectivity index (χ0v) is 15.0. The van der Waals surface area contributed by atoms with E-state index in [4.69, 9.17) is 4.74 Å². The number of rotatable bonds is 5. The van der Waals surface area contributed by atoms with E-state index in [1.165, 1.54) is 0 Å². The van der Waals surface area contributed by atoms with Crippen LogP contribution in [0.1, 0.15) is 23.7 Å². The zero-order chi connectivity index (χ0) is 17.6. The largest absolute Gasteiger partial charge is 0.464 e. The number of ether oxygens (including phenoxy) is 1. The van der Waals surface area contributed by atoms with Gasteiger partial charge in [-0.2, -0.15) is 0 Å². The van der Waals surface area contributed by atoms with Crippen molar-refractivity contribution in [3.05, 3.63) is 60.2 Å². The highest BCUT2D eigenvalue weighted by molar-refractivity contribution is 7.99. The van der Waals surface area contributed by atoms with Crippen LogP contribution in [0.2, 0.25) is 0 Å². The molecule has 1 aliphatic heterocycles. The molecule has 25 heavy (non-hydrogen) atoms. The van der Waals surface area contributed by atoms with Gasteiger partial charge in [-0.1, -0.05) is 49.4 Å². The number of hydrogen-bond donors (Lipinski definition) is 0. The molecule has 4 nitrogen and oxygen atoms in total. The van der Waals surface area contributed by atoms with Gasteiger partial charge in [0.25, 0.3) is 5.91 Å². The van der Waals surface area contributed by atoms with E-state index in [2.05, 4.69) is 0 Å². The number of carbonyl (C=O) groups excluding carboxylic acids is 2. The smallest absolute Gasteiger partial charge is 0.329 e. The third-order valence-electron chi connectivity index (χ3n) is 4.10. The number of hydrogen-bond acceptors (Lipinski definition) is 4. The average Bonchev–Trinajstić information content (AvgIpc) is 3.16. The summed E-state index contributed by atoms with van der Waals surface area (Å²) in [6, 6.07) is 17.1. The molecule has 1 amide bonds. The van der Waals surface area contributed by atoms with Crippen molar-refractivity contribution < 1.29 is 14.3 Å². The Kier molecular flexibility index (Phi) is 5.76. The second kappa shape index (κ2) is 8.21. The van der Waals surface area contributed by atoms with Gasteiger partial charge >= 0.3 is 5.97 Å². The van der Waals surface area contributed by atoms with Crippen LogP contribution >= 0.6 is 11.8 Å². The summed E-state index contributed by atoms with van der Waals surface area (Å²) in [7, 11) is 0. The van der Waals surface area contributed by atoms with E-state index in [1.54, 1.807) is 16.7 Å². The third kappa shape index (κ3) is 4.04. The Morgan fingerprint density at radius 3 is 2.44 bits per heavy atom. The standard InChI is InChI=1S/C20H21NO3S/c1-2-12-24-20(23)18-13-25-14-21(18)19(22)17-10-8-16(9-11-17)15-6-4-3-5-7-15/h3-11,18H,2,12-14H2,1H3. The maximum Gasteiger partial charge on any atom is 0.329 e. The van der Waals surface area contributed by atoms with Crippen LogP contribution in [0.3, 0.4) is 0 Å². The fraction of sp³-hybridized carbons (Fsp3) is 0.300. The van der Waals surface area contributed by atoms with Crippen LogP contribution in [-0.4, -0.2) is 41.1 Å². The van der Waals surface area contributed by atoms with Gasteiger partial charge in [0.1, 0.15) is 6.04 Å². The van der Waals surface area contributed by atoms with Crippen LogP contribution in [0.25, 0.3) is 11.1 Å². The van der Waals surface area contributed by atoms with E-state index in [9.17, 15) is 9.59 Å². The molecule has 2 aromatic carbocycles. The number of esters is 1. The van der Waals surface area contributed by atoms with Gasteiger partial charge in [-0.3, -0.25) is 4.79 Å². The molecule has 1 heterocycles. The summed E-state index contributed by atoms with van der Waals surface area (Å²) in [6.07, 6.45) is 0.778. The molecule has 1 atom stereocenters. The molecule has 1 unspecified atom stereocenters. The van der Waals surface area contributed by atoms with Crippen LogP contribution in [-0.2, 0) is 9.53 Å². The van der Waals surface area contributed by atoms with E-state index in [1.807, 2.05) is 61.5 Å². The quantitative estimate of drug-likeness (QED) is 0.765. The van der Waals surface area contributed by atoms with Crippen molar-refractivity contribution in [1.29, 1.82) is 0 Å². The first kappa shape index (κ1) is 17.5. The van der Waals surface area contributed by atoms with E-state index in [-0.39, 0.29) is 11.9 Å². The predicted octanol–water partition coefficient (Wildman–Crippen LogP) is 3.82. The van der Waals surface area contributed by atoms with Crippen molar-refractivity contribution >= 4 is 23.6 Å². The Morgan fingerprint density at radius 2 is 1.76 bits per heavy atom. The van der Waals surface area contributed by atoms with Gasteiger partial charge in [0.05, 0.1) is 12.5 Å². The summed E-state index contributed by atoms with van der Waals surface area (Å²) in [6.45, 7) is 2.35. The first-order chi connectivity index (χ1) is 12.2. The molecular formula is C20H21NO3S.